The predicted molar refractivity (Wildman–Crippen MR) is 116 cm³/mol. The van der Waals surface area contributed by atoms with E-state index in [1.807, 2.05) is 0 Å². The van der Waals surface area contributed by atoms with Crippen LogP contribution in [-0.2, 0) is 14.4 Å². The van der Waals surface area contributed by atoms with E-state index in [4.69, 9.17) is 5.73 Å². The lowest BCUT2D eigenvalue weighted by molar-refractivity contribution is -0.309. The number of carbonyl (C=O) groups is 4. The molecule has 1 aromatic carbocycles. The van der Waals surface area contributed by atoms with Crippen LogP contribution in [0.4, 0.5) is 23.1 Å². The lowest BCUT2D eigenvalue weighted by atomic mass is 10.1. The number of nitrogens with zero attached hydrogens (tertiary/aromatic N) is 2. The second-order valence-electron chi connectivity index (χ2n) is 7.41. The number of rotatable bonds is 10. The Morgan fingerprint density at radius 2 is 1.97 bits per heavy atom. The summed E-state index contributed by atoms with van der Waals surface area (Å²) in [6, 6.07) is 4.08. The van der Waals surface area contributed by atoms with E-state index in [0.29, 0.717) is 18.6 Å². The minimum Gasteiger partial charge on any atom is -0.550 e. The van der Waals surface area contributed by atoms with Crippen molar-refractivity contribution in [1.29, 1.82) is 0 Å². The molecule has 0 saturated carbocycles. The Hall–Kier alpha value is -4.62. The number of nitrogen functional groups attached to an aromatic ring is 1. The zero-order valence-electron chi connectivity index (χ0n) is 17.7. The third-order valence-electron chi connectivity index (χ3n) is 5.10. The van der Waals surface area contributed by atoms with Crippen LogP contribution in [0.25, 0.3) is 0 Å². The summed E-state index contributed by atoms with van der Waals surface area (Å²) < 4.78 is 0. The number of nitrogens with two attached hydrogens (primary N) is 1. The lowest BCUT2D eigenvalue weighted by Gasteiger charge is -2.34. The number of H-pyrrole nitrogens is 1. The van der Waals surface area contributed by atoms with Crippen LogP contribution in [0.5, 0.6) is 0 Å². The van der Waals surface area contributed by atoms with Crippen molar-refractivity contribution >= 4 is 47.4 Å². The minimum absolute atomic E-state index is 0.0513. The number of aromatic nitrogens is 2. The van der Waals surface area contributed by atoms with Crippen LogP contribution in [0.2, 0.25) is 0 Å². The molecule has 2 heterocycles. The highest BCUT2D eigenvalue weighted by Crippen LogP contribution is 2.25. The van der Waals surface area contributed by atoms with Crippen LogP contribution < -0.4 is 42.4 Å². The monoisotopic (exact) mass is 471 g/mol. The maximum atomic E-state index is 12.3. The van der Waals surface area contributed by atoms with Gasteiger partial charge in [0.15, 0.2) is 11.5 Å². The maximum absolute atomic E-state index is 12.3. The van der Waals surface area contributed by atoms with Gasteiger partial charge in [-0.25, -0.2) is 0 Å². The largest absolute Gasteiger partial charge is 0.550 e. The summed E-state index contributed by atoms with van der Waals surface area (Å²) in [7, 11) is 0. The zero-order valence-corrected chi connectivity index (χ0v) is 17.7. The van der Waals surface area contributed by atoms with E-state index in [2.05, 4.69) is 25.9 Å². The molecule has 1 aromatic heterocycles. The van der Waals surface area contributed by atoms with Gasteiger partial charge in [-0.2, -0.15) is 4.98 Å². The number of nitrogens with one attached hydrogen (secondary N) is 4. The molecule has 1 aliphatic rings. The number of anilines is 4. The number of aromatic amines is 1. The van der Waals surface area contributed by atoms with E-state index < -0.39 is 41.9 Å². The summed E-state index contributed by atoms with van der Waals surface area (Å²) in [5.41, 5.74) is 5.75. The van der Waals surface area contributed by atoms with Gasteiger partial charge in [-0.15, -0.1) is 0 Å². The van der Waals surface area contributed by atoms with Crippen LogP contribution in [0, 0.1) is 0 Å². The first-order valence-electron chi connectivity index (χ1n) is 10.1. The average molecular weight is 471 g/mol. The third kappa shape index (κ3) is 5.59. The van der Waals surface area contributed by atoms with Crippen molar-refractivity contribution in [3.05, 3.63) is 40.2 Å². The summed E-state index contributed by atoms with van der Waals surface area (Å²) in [6.07, 6.45) is -0.386. The normalized spacial score (nSPS) is 15.4. The van der Waals surface area contributed by atoms with Gasteiger partial charge in [0.2, 0.25) is 12.4 Å². The van der Waals surface area contributed by atoms with Gasteiger partial charge in [-0.3, -0.25) is 19.4 Å². The molecule has 6 N–H and O–H groups in total. The van der Waals surface area contributed by atoms with Crippen molar-refractivity contribution in [3.63, 3.8) is 0 Å². The highest BCUT2D eigenvalue weighted by molar-refractivity contribution is 5.96. The summed E-state index contributed by atoms with van der Waals surface area (Å²) in [5, 5.41) is 29.9. The van der Waals surface area contributed by atoms with Crippen molar-refractivity contribution in [3.8, 4) is 0 Å². The van der Waals surface area contributed by atoms with Crippen molar-refractivity contribution < 1.29 is 29.4 Å². The van der Waals surface area contributed by atoms with Crippen LogP contribution in [-0.4, -0.2) is 59.4 Å². The van der Waals surface area contributed by atoms with E-state index in [1.54, 1.807) is 12.1 Å². The molecule has 3 rings (SSSR count). The molecule has 0 fully saturated rings. The fourth-order valence-corrected chi connectivity index (χ4v) is 3.38. The average Bonchev–Trinajstić information content (AvgIpc) is 2.79. The fraction of sp³-hybridized carbons (Fsp3) is 0.300. The van der Waals surface area contributed by atoms with E-state index in [-0.39, 0.29) is 36.0 Å². The molecule has 14 heteroatoms. The van der Waals surface area contributed by atoms with Gasteiger partial charge in [0.05, 0.1) is 18.1 Å². The molecular weight excluding hydrogens is 450 g/mol. The number of benzene rings is 1. The third-order valence-corrected chi connectivity index (χ3v) is 5.10. The molecule has 0 radical (unpaired) electrons. The topological polar surface area (TPSA) is 225 Å². The van der Waals surface area contributed by atoms with Gasteiger partial charge >= 0.3 is 0 Å². The molecule has 1 aliphatic heterocycles. The highest BCUT2D eigenvalue weighted by atomic mass is 16.4. The van der Waals surface area contributed by atoms with Crippen molar-refractivity contribution in [2.75, 3.05) is 34.4 Å². The predicted octanol–water partition coefficient (Wildman–Crippen LogP) is -3.40. The molecule has 0 saturated heterocycles. The molecule has 2 aromatic rings. The number of amides is 2. The first kappa shape index (κ1) is 24.0. The number of hydrogen-bond acceptors (Lipinski definition) is 11. The Morgan fingerprint density at radius 3 is 2.59 bits per heavy atom. The van der Waals surface area contributed by atoms with Gasteiger partial charge in [0, 0.05) is 30.3 Å². The Bertz CT molecular complexity index is 1150. The molecular formula is C20H21N7O7-2. The van der Waals surface area contributed by atoms with Gasteiger partial charge in [0.25, 0.3) is 11.5 Å². The fourth-order valence-electron chi connectivity index (χ4n) is 3.38. The first-order valence-corrected chi connectivity index (χ1v) is 10.1. The minimum atomic E-state index is -1.60. The summed E-state index contributed by atoms with van der Waals surface area (Å²) in [4.78, 5) is 65.4. The van der Waals surface area contributed by atoms with Crippen molar-refractivity contribution in [1.82, 2.24) is 15.3 Å². The van der Waals surface area contributed by atoms with E-state index in [9.17, 15) is 34.2 Å². The summed E-state index contributed by atoms with van der Waals surface area (Å²) in [5.74, 6) is -3.63. The van der Waals surface area contributed by atoms with Gasteiger partial charge in [-0.1, -0.05) is 0 Å². The molecule has 180 valence electrons. The number of hydrogen-bond donors (Lipinski definition) is 5. The first-order chi connectivity index (χ1) is 16.2. The Labute approximate surface area is 192 Å². The summed E-state index contributed by atoms with van der Waals surface area (Å²) in [6.45, 7) is 0.544. The highest BCUT2D eigenvalue weighted by Gasteiger charge is 2.29. The molecule has 34 heavy (non-hydrogen) atoms. The van der Waals surface area contributed by atoms with Gasteiger partial charge in [-0.05, 0) is 37.1 Å². The van der Waals surface area contributed by atoms with E-state index in [1.165, 1.54) is 17.0 Å². The second kappa shape index (κ2) is 10.3. The Balaban J connectivity index is 1.62. The number of fused-ring (bicyclic) bond motifs is 1. The van der Waals surface area contributed by atoms with E-state index in [0.717, 1.165) is 0 Å². The number of aliphatic carboxylic acids is 2. The summed E-state index contributed by atoms with van der Waals surface area (Å²) >= 11 is 0. The van der Waals surface area contributed by atoms with Crippen molar-refractivity contribution in [2.45, 2.75) is 24.9 Å². The lowest BCUT2D eigenvalue weighted by Crippen LogP contribution is -2.50. The molecule has 0 bridgehead atoms. The molecule has 0 aliphatic carbocycles. The number of carboxylic acids is 2. The number of carboxylic acid groups (broad SMARTS) is 2. The molecule has 1 unspecified atom stereocenters. The number of carbonyl (C=O) groups excluding carboxylic acids is 4. The molecule has 14 nitrogen and oxygen atoms in total. The SMILES string of the molecule is Nc1nc2c(c(=O)[nH]1)N(C=O)[C@@H](CNc1ccc(C(=O)NC(CCC(=O)[O-])C(=O)[O-])cc1)CN2. The standard InChI is InChI=1S/C20H23N7O7/c21-20-25-16-15(18(32)26-20)27(9-28)12(8-23-16)7-22-11-3-1-10(2-4-11)17(31)24-13(19(33)34)5-6-14(29)30/h1-4,9,12-13,22H,5-8H2,(H,24,31)(H,29,30)(H,33,34)(H4,21,23,25,26,32)/p-2/t12-,13?/m0/s1. The smallest absolute Gasteiger partial charge is 0.278 e. The van der Waals surface area contributed by atoms with Crippen LogP contribution >= 0.6 is 0 Å². The maximum Gasteiger partial charge on any atom is 0.278 e. The zero-order chi connectivity index (χ0) is 24.8. The van der Waals surface area contributed by atoms with Gasteiger partial charge in [0.1, 0.15) is 0 Å². The molecule has 0 spiro atoms. The van der Waals surface area contributed by atoms with Crippen LogP contribution in [0.3, 0.4) is 0 Å². The second-order valence-corrected chi connectivity index (χ2v) is 7.41. The van der Waals surface area contributed by atoms with E-state index >= 15 is 0 Å². The van der Waals surface area contributed by atoms with Crippen LogP contribution in [0.15, 0.2) is 29.1 Å². The van der Waals surface area contributed by atoms with Gasteiger partial charge < -0.3 is 46.4 Å². The molecule has 2 atom stereocenters. The Morgan fingerprint density at radius 1 is 1.26 bits per heavy atom. The van der Waals surface area contributed by atoms with Crippen molar-refractivity contribution in [2.24, 2.45) is 0 Å². The quantitative estimate of drug-likeness (QED) is 0.215. The molecule has 2 amide bonds. The van der Waals surface area contributed by atoms with Crippen LogP contribution in [0.1, 0.15) is 23.2 Å². The Kier molecular flexibility index (Phi) is 7.30.